The van der Waals surface area contributed by atoms with Gasteiger partial charge < -0.3 is 15.1 Å². The number of aromatic nitrogens is 1. The zero-order valence-corrected chi connectivity index (χ0v) is 18.0. The first-order valence-electron chi connectivity index (χ1n) is 11.3. The van der Waals surface area contributed by atoms with E-state index in [4.69, 9.17) is 5.26 Å². The first kappa shape index (κ1) is 20.0. The molecule has 6 nitrogen and oxygen atoms in total. The van der Waals surface area contributed by atoms with Gasteiger partial charge in [0.05, 0.1) is 11.6 Å². The number of piperazine rings is 1. The van der Waals surface area contributed by atoms with Gasteiger partial charge in [-0.1, -0.05) is 37.3 Å². The number of pyridine rings is 1. The van der Waals surface area contributed by atoms with Crippen LogP contribution in [0.5, 0.6) is 0 Å². The van der Waals surface area contributed by atoms with Crippen LogP contribution >= 0.6 is 0 Å². The number of hydrogen-bond donors (Lipinski definition) is 1. The lowest BCUT2D eigenvalue weighted by Crippen LogP contribution is -2.56. The molecule has 2 saturated heterocycles. The average Bonchev–Trinajstić information content (AvgIpc) is 3.56. The Bertz CT molecular complexity index is 979. The van der Waals surface area contributed by atoms with Gasteiger partial charge in [0.2, 0.25) is 5.91 Å². The van der Waals surface area contributed by atoms with Gasteiger partial charge in [0, 0.05) is 43.8 Å². The monoisotopic (exact) mass is 415 g/mol. The second kappa shape index (κ2) is 7.97. The molecule has 1 amide bonds. The molecule has 1 N–H and O–H groups in total. The van der Waals surface area contributed by atoms with Crippen LogP contribution in [0, 0.1) is 17.2 Å². The summed E-state index contributed by atoms with van der Waals surface area (Å²) in [5.74, 6) is 1.68. The average molecular weight is 416 g/mol. The molecule has 2 bridgehead atoms. The van der Waals surface area contributed by atoms with Gasteiger partial charge in [-0.2, -0.15) is 5.26 Å². The Kier molecular flexibility index (Phi) is 5.15. The third kappa shape index (κ3) is 3.79. The molecular weight excluding hydrogens is 386 g/mol. The number of nitrogens with one attached hydrogen (secondary N) is 1. The maximum Gasteiger partial charge on any atom is 0.223 e. The fourth-order valence-corrected chi connectivity index (χ4v) is 5.41. The second-order valence-corrected chi connectivity index (χ2v) is 9.28. The molecule has 1 aromatic carbocycles. The molecule has 31 heavy (non-hydrogen) atoms. The van der Waals surface area contributed by atoms with Crippen LogP contribution in [0.1, 0.15) is 43.7 Å². The summed E-state index contributed by atoms with van der Waals surface area (Å²) in [6, 6.07) is 17.1. The lowest BCUT2D eigenvalue weighted by atomic mass is 10.0. The number of rotatable bonds is 6. The molecule has 160 valence electrons. The highest BCUT2D eigenvalue weighted by Gasteiger charge is 2.46. The van der Waals surface area contributed by atoms with Gasteiger partial charge in [-0.05, 0) is 42.9 Å². The van der Waals surface area contributed by atoms with Crippen molar-refractivity contribution >= 4 is 11.7 Å². The predicted octanol–water partition coefficient (Wildman–Crippen LogP) is 3.05. The number of carbonyl (C=O) groups excluding carboxylic acids is 1. The van der Waals surface area contributed by atoms with Gasteiger partial charge >= 0.3 is 0 Å². The van der Waals surface area contributed by atoms with Crippen molar-refractivity contribution in [3.63, 3.8) is 0 Å². The maximum atomic E-state index is 13.0. The highest BCUT2D eigenvalue weighted by atomic mass is 16.2. The van der Waals surface area contributed by atoms with Crippen molar-refractivity contribution in [3.8, 4) is 6.07 Å². The van der Waals surface area contributed by atoms with Crippen molar-refractivity contribution in [2.24, 2.45) is 5.92 Å². The van der Waals surface area contributed by atoms with Crippen molar-refractivity contribution in [1.29, 1.82) is 5.26 Å². The highest BCUT2D eigenvalue weighted by molar-refractivity contribution is 5.77. The standard InChI is InChI=1S/C25H29N5O/c1-18-13-21-16-29(17-22(18)30(21)23-8-7-19(14-26)15-27-23)24(31)9-12-28-25(10-11-25)20-5-3-2-4-6-20/h2-8,15,18,21-22,28H,9-13,16-17H2,1H3/t18-,21?,22?/m0/s1. The summed E-state index contributed by atoms with van der Waals surface area (Å²) < 4.78 is 0. The number of benzene rings is 1. The van der Waals surface area contributed by atoms with Gasteiger partial charge in [0.1, 0.15) is 11.9 Å². The Balaban J connectivity index is 1.19. The molecule has 3 fully saturated rings. The SMILES string of the molecule is C[C@H]1CC2CN(C(=O)CCNC3(c4ccccc4)CC3)CC1N2c1ccc(C#N)cn1. The lowest BCUT2D eigenvalue weighted by molar-refractivity contribution is -0.132. The van der Waals surface area contributed by atoms with Crippen LogP contribution in [0.4, 0.5) is 5.82 Å². The molecule has 3 aliphatic rings. The first-order chi connectivity index (χ1) is 15.1. The molecule has 3 heterocycles. The fourth-order valence-electron chi connectivity index (χ4n) is 5.41. The van der Waals surface area contributed by atoms with Gasteiger partial charge in [-0.3, -0.25) is 4.79 Å². The van der Waals surface area contributed by atoms with Gasteiger partial charge in [0.25, 0.3) is 0 Å². The first-order valence-corrected chi connectivity index (χ1v) is 11.3. The molecular formula is C25H29N5O. The summed E-state index contributed by atoms with van der Waals surface area (Å²) in [5, 5.41) is 12.7. The lowest BCUT2D eigenvalue weighted by Gasteiger charge is -2.42. The van der Waals surface area contributed by atoms with E-state index in [9.17, 15) is 4.79 Å². The molecule has 2 unspecified atom stereocenters. The number of nitrogens with zero attached hydrogens (tertiary/aromatic N) is 4. The number of fused-ring (bicyclic) bond motifs is 2. The van der Waals surface area contributed by atoms with Crippen molar-refractivity contribution in [1.82, 2.24) is 15.2 Å². The van der Waals surface area contributed by atoms with Crippen LogP contribution in [0.2, 0.25) is 0 Å². The Morgan fingerprint density at radius 1 is 1.23 bits per heavy atom. The van der Waals surface area contributed by atoms with E-state index in [1.165, 1.54) is 5.56 Å². The zero-order chi connectivity index (χ0) is 21.4. The largest absolute Gasteiger partial charge is 0.347 e. The summed E-state index contributed by atoms with van der Waals surface area (Å²) in [5.41, 5.74) is 1.99. The Morgan fingerprint density at radius 3 is 2.68 bits per heavy atom. The fraction of sp³-hybridized carbons (Fsp3) is 0.480. The summed E-state index contributed by atoms with van der Waals surface area (Å²) in [6.45, 7) is 4.50. The topological polar surface area (TPSA) is 72.3 Å². The third-order valence-electron chi connectivity index (χ3n) is 7.26. The number of likely N-dealkylation sites (tertiary alicyclic amines) is 1. The molecule has 3 atom stereocenters. The predicted molar refractivity (Wildman–Crippen MR) is 119 cm³/mol. The molecule has 5 rings (SSSR count). The number of anilines is 1. The normalized spacial score (nSPS) is 25.9. The number of nitriles is 1. The number of hydrogen-bond acceptors (Lipinski definition) is 5. The molecule has 1 aliphatic carbocycles. The van der Waals surface area contributed by atoms with E-state index in [1.807, 2.05) is 18.2 Å². The summed E-state index contributed by atoms with van der Waals surface area (Å²) in [6.07, 6.45) is 5.54. The minimum absolute atomic E-state index is 0.0784. The van der Waals surface area contributed by atoms with Crippen molar-refractivity contribution in [2.75, 3.05) is 24.5 Å². The van der Waals surface area contributed by atoms with E-state index in [1.54, 1.807) is 6.20 Å². The Morgan fingerprint density at radius 2 is 2.03 bits per heavy atom. The Labute approximate surface area is 183 Å². The minimum Gasteiger partial charge on any atom is -0.347 e. The third-order valence-corrected chi connectivity index (χ3v) is 7.26. The molecule has 1 saturated carbocycles. The van der Waals surface area contributed by atoms with E-state index in [-0.39, 0.29) is 17.5 Å². The van der Waals surface area contributed by atoms with E-state index < -0.39 is 0 Å². The quantitative estimate of drug-likeness (QED) is 0.785. The van der Waals surface area contributed by atoms with Crippen LogP contribution < -0.4 is 10.2 Å². The van der Waals surface area contributed by atoms with Crippen LogP contribution in [0.15, 0.2) is 48.7 Å². The van der Waals surface area contributed by atoms with Crippen LogP contribution in [-0.4, -0.2) is 47.5 Å². The molecule has 0 radical (unpaired) electrons. The van der Waals surface area contributed by atoms with E-state index >= 15 is 0 Å². The summed E-state index contributed by atoms with van der Waals surface area (Å²) >= 11 is 0. The molecule has 0 spiro atoms. The van der Waals surface area contributed by atoms with Gasteiger partial charge in [-0.15, -0.1) is 0 Å². The van der Waals surface area contributed by atoms with Crippen LogP contribution in [0.25, 0.3) is 0 Å². The number of carbonyl (C=O) groups is 1. The second-order valence-electron chi connectivity index (χ2n) is 9.28. The van der Waals surface area contributed by atoms with E-state index in [0.717, 1.165) is 44.7 Å². The van der Waals surface area contributed by atoms with E-state index in [0.29, 0.717) is 23.9 Å². The minimum atomic E-state index is 0.0784. The highest BCUT2D eigenvalue weighted by Crippen LogP contribution is 2.45. The van der Waals surface area contributed by atoms with E-state index in [2.05, 4.69) is 57.4 Å². The van der Waals surface area contributed by atoms with Gasteiger partial charge in [-0.25, -0.2) is 4.98 Å². The maximum absolute atomic E-state index is 13.0. The van der Waals surface area contributed by atoms with Crippen molar-refractivity contribution in [2.45, 2.75) is 50.2 Å². The molecule has 2 aliphatic heterocycles. The zero-order valence-electron chi connectivity index (χ0n) is 18.0. The number of amides is 1. The van der Waals surface area contributed by atoms with Crippen molar-refractivity contribution < 1.29 is 4.79 Å². The molecule has 2 aromatic rings. The summed E-state index contributed by atoms with van der Waals surface area (Å²) in [7, 11) is 0. The van der Waals surface area contributed by atoms with Crippen molar-refractivity contribution in [3.05, 3.63) is 59.8 Å². The molecule has 6 heteroatoms. The smallest absolute Gasteiger partial charge is 0.223 e. The molecule has 1 aromatic heterocycles. The van der Waals surface area contributed by atoms with Gasteiger partial charge in [0.15, 0.2) is 0 Å². The Hall–Kier alpha value is -2.91. The van der Waals surface area contributed by atoms with Crippen LogP contribution in [0.3, 0.4) is 0 Å². The van der Waals surface area contributed by atoms with Crippen LogP contribution in [-0.2, 0) is 10.3 Å². The summed E-state index contributed by atoms with van der Waals surface area (Å²) in [4.78, 5) is 22.0.